The molecule has 1 atom stereocenters. The second kappa shape index (κ2) is 5.94. The lowest BCUT2D eigenvalue weighted by Gasteiger charge is -2.16. The summed E-state index contributed by atoms with van der Waals surface area (Å²) in [6.07, 6.45) is 6.80. The number of rotatable bonds is 4. The molecule has 0 spiro atoms. The van der Waals surface area contributed by atoms with Crippen molar-refractivity contribution >= 4 is 5.91 Å². The molecule has 8 heteroatoms. The fraction of sp³-hybridized carbons (Fsp3) is 0.538. The number of aryl methyl sites for hydroxylation is 1. The second-order valence-corrected chi connectivity index (χ2v) is 5.14. The van der Waals surface area contributed by atoms with Gasteiger partial charge in [0.1, 0.15) is 11.9 Å². The molecule has 2 aromatic rings. The van der Waals surface area contributed by atoms with E-state index in [1.807, 2.05) is 12.3 Å². The number of aromatic nitrogens is 5. The Kier molecular flexibility index (Phi) is 3.85. The third kappa shape index (κ3) is 2.88. The number of fused-ring (bicyclic) bond motifs is 1. The van der Waals surface area contributed by atoms with Crippen LogP contribution in [0.25, 0.3) is 0 Å². The van der Waals surface area contributed by atoms with E-state index >= 15 is 0 Å². The fourth-order valence-electron chi connectivity index (χ4n) is 2.68. The molecule has 0 bridgehead atoms. The van der Waals surface area contributed by atoms with Crippen LogP contribution in [0.3, 0.4) is 0 Å². The Labute approximate surface area is 121 Å². The number of hydrogen-bond acceptors (Lipinski definition) is 4. The summed E-state index contributed by atoms with van der Waals surface area (Å²) >= 11 is 0. The molecule has 2 aromatic heterocycles. The van der Waals surface area contributed by atoms with Gasteiger partial charge in [-0.3, -0.25) is 14.0 Å². The maximum Gasteiger partial charge on any atom is 0.344 e. The Bertz CT molecular complexity index is 657. The van der Waals surface area contributed by atoms with Crippen LogP contribution in [0.4, 0.5) is 0 Å². The SMILES string of the molecule is O=C(NCCn1cccn1)[C@@H]1CCCCc2n[nH]c(=O)n21. The lowest BCUT2D eigenvalue weighted by Crippen LogP contribution is -2.38. The maximum absolute atomic E-state index is 12.4. The minimum absolute atomic E-state index is 0.131. The largest absolute Gasteiger partial charge is 0.352 e. The number of H-pyrrole nitrogens is 1. The summed E-state index contributed by atoms with van der Waals surface area (Å²) in [5.41, 5.74) is -0.306. The number of aromatic amines is 1. The van der Waals surface area contributed by atoms with Crippen molar-refractivity contribution in [1.82, 2.24) is 29.9 Å². The van der Waals surface area contributed by atoms with E-state index in [0.29, 0.717) is 25.3 Å². The molecule has 0 aromatic carbocycles. The summed E-state index contributed by atoms with van der Waals surface area (Å²) in [5, 5.41) is 13.4. The summed E-state index contributed by atoms with van der Waals surface area (Å²) in [6.45, 7) is 1.09. The first kappa shape index (κ1) is 13.6. The van der Waals surface area contributed by atoms with E-state index in [1.165, 1.54) is 4.57 Å². The zero-order valence-corrected chi connectivity index (χ0v) is 11.7. The lowest BCUT2D eigenvalue weighted by molar-refractivity contribution is -0.124. The van der Waals surface area contributed by atoms with E-state index in [-0.39, 0.29) is 11.6 Å². The lowest BCUT2D eigenvalue weighted by atomic mass is 10.1. The van der Waals surface area contributed by atoms with Gasteiger partial charge in [-0.05, 0) is 18.9 Å². The van der Waals surface area contributed by atoms with E-state index in [1.54, 1.807) is 10.9 Å². The minimum atomic E-state index is -0.466. The van der Waals surface area contributed by atoms with Crippen LogP contribution in [-0.4, -0.2) is 37.0 Å². The normalized spacial score (nSPS) is 18.0. The highest BCUT2D eigenvalue weighted by atomic mass is 16.2. The summed E-state index contributed by atoms with van der Waals surface area (Å²) in [7, 11) is 0. The molecule has 0 radical (unpaired) electrons. The smallest absolute Gasteiger partial charge is 0.344 e. The molecule has 0 saturated carbocycles. The average Bonchev–Trinajstić information content (AvgIpc) is 3.05. The van der Waals surface area contributed by atoms with Gasteiger partial charge >= 0.3 is 5.69 Å². The zero-order chi connectivity index (χ0) is 14.7. The molecule has 1 aliphatic heterocycles. The summed E-state index contributed by atoms with van der Waals surface area (Å²) in [5.74, 6) is 0.540. The van der Waals surface area contributed by atoms with Crippen molar-refractivity contribution in [3.8, 4) is 0 Å². The molecule has 1 aliphatic rings. The van der Waals surface area contributed by atoms with Gasteiger partial charge in [-0.1, -0.05) is 6.42 Å². The number of carbonyl (C=O) groups excluding carboxylic acids is 1. The summed E-state index contributed by atoms with van der Waals surface area (Å²) in [6, 6.07) is 1.37. The highest BCUT2D eigenvalue weighted by Crippen LogP contribution is 2.20. The first-order chi connectivity index (χ1) is 10.3. The third-order valence-corrected chi connectivity index (χ3v) is 3.72. The van der Waals surface area contributed by atoms with Crippen LogP contribution in [0.2, 0.25) is 0 Å². The average molecular weight is 290 g/mol. The molecular formula is C13H18N6O2. The molecule has 0 fully saturated rings. The Balaban J connectivity index is 1.66. The molecular weight excluding hydrogens is 272 g/mol. The number of carbonyl (C=O) groups is 1. The summed E-state index contributed by atoms with van der Waals surface area (Å²) in [4.78, 5) is 24.2. The van der Waals surface area contributed by atoms with Gasteiger partial charge < -0.3 is 5.32 Å². The molecule has 3 heterocycles. The van der Waals surface area contributed by atoms with Crippen LogP contribution in [0.1, 0.15) is 31.1 Å². The van der Waals surface area contributed by atoms with Gasteiger partial charge in [0.05, 0.1) is 6.54 Å². The Hall–Kier alpha value is -2.38. The predicted molar refractivity (Wildman–Crippen MR) is 74.7 cm³/mol. The Morgan fingerprint density at radius 3 is 3.19 bits per heavy atom. The predicted octanol–water partition coefficient (Wildman–Crippen LogP) is -0.148. The van der Waals surface area contributed by atoms with Crippen molar-refractivity contribution in [3.63, 3.8) is 0 Å². The highest BCUT2D eigenvalue weighted by Gasteiger charge is 2.27. The molecule has 0 saturated heterocycles. The number of nitrogens with one attached hydrogen (secondary N) is 2. The van der Waals surface area contributed by atoms with Crippen LogP contribution >= 0.6 is 0 Å². The van der Waals surface area contributed by atoms with Gasteiger partial charge in [0.2, 0.25) is 5.91 Å². The van der Waals surface area contributed by atoms with E-state index in [2.05, 4.69) is 20.6 Å². The first-order valence-electron chi connectivity index (χ1n) is 7.16. The molecule has 2 N–H and O–H groups in total. The van der Waals surface area contributed by atoms with Gasteiger partial charge in [-0.15, -0.1) is 0 Å². The molecule has 8 nitrogen and oxygen atoms in total. The van der Waals surface area contributed by atoms with Crippen LogP contribution in [0.15, 0.2) is 23.3 Å². The number of hydrogen-bond donors (Lipinski definition) is 2. The molecule has 21 heavy (non-hydrogen) atoms. The second-order valence-electron chi connectivity index (χ2n) is 5.14. The van der Waals surface area contributed by atoms with Crippen molar-refractivity contribution in [2.75, 3.05) is 6.54 Å². The topological polar surface area (TPSA) is 97.6 Å². The molecule has 1 amide bonds. The number of nitrogens with zero attached hydrogens (tertiary/aromatic N) is 4. The van der Waals surface area contributed by atoms with Gasteiger partial charge in [0, 0.05) is 25.4 Å². The van der Waals surface area contributed by atoms with Gasteiger partial charge in [0.25, 0.3) is 0 Å². The maximum atomic E-state index is 12.4. The van der Waals surface area contributed by atoms with Crippen molar-refractivity contribution in [3.05, 3.63) is 34.8 Å². The van der Waals surface area contributed by atoms with Crippen molar-refractivity contribution in [1.29, 1.82) is 0 Å². The van der Waals surface area contributed by atoms with Crippen molar-refractivity contribution in [2.24, 2.45) is 0 Å². The van der Waals surface area contributed by atoms with Crippen molar-refractivity contribution < 1.29 is 4.79 Å². The highest BCUT2D eigenvalue weighted by molar-refractivity contribution is 5.80. The van der Waals surface area contributed by atoms with Crippen LogP contribution in [0.5, 0.6) is 0 Å². The number of amides is 1. The Morgan fingerprint density at radius 2 is 2.38 bits per heavy atom. The van der Waals surface area contributed by atoms with Crippen LogP contribution < -0.4 is 11.0 Å². The van der Waals surface area contributed by atoms with E-state index < -0.39 is 6.04 Å². The zero-order valence-electron chi connectivity index (χ0n) is 11.7. The Morgan fingerprint density at radius 1 is 1.48 bits per heavy atom. The van der Waals surface area contributed by atoms with Crippen molar-refractivity contribution in [2.45, 2.75) is 38.3 Å². The van der Waals surface area contributed by atoms with Gasteiger partial charge in [0.15, 0.2) is 0 Å². The molecule has 0 unspecified atom stereocenters. The molecule has 112 valence electrons. The van der Waals surface area contributed by atoms with E-state index in [9.17, 15) is 9.59 Å². The summed E-state index contributed by atoms with van der Waals surface area (Å²) < 4.78 is 3.25. The quantitative estimate of drug-likeness (QED) is 0.818. The van der Waals surface area contributed by atoms with Gasteiger partial charge in [-0.2, -0.15) is 10.2 Å². The molecule has 0 aliphatic carbocycles. The third-order valence-electron chi connectivity index (χ3n) is 3.72. The van der Waals surface area contributed by atoms with Crippen LogP contribution in [-0.2, 0) is 17.8 Å². The first-order valence-corrected chi connectivity index (χ1v) is 7.16. The minimum Gasteiger partial charge on any atom is -0.352 e. The van der Waals surface area contributed by atoms with Gasteiger partial charge in [-0.25, -0.2) is 9.89 Å². The standard InChI is InChI=1S/C13H18N6O2/c20-12(14-7-9-18-8-3-6-15-18)10-4-1-2-5-11-16-17-13(21)19(10)11/h3,6,8,10H,1-2,4-5,7,9H2,(H,14,20)(H,17,21)/t10-/m0/s1. The van der Waals surface area contributed by atoms with E-state index in [0.717, 1.165) is 19.3 Å². The fourth-order valence-corrected chi connectivity index (χ4v) is 2.68. The monoisotopic (exact) mass is 290 g/mol. The van der Waals surface area contributed by atoms with Crippen LogP contribution in [0, 0.1) is 0 Å². The van der Waals surface area contributed by atoms with E-state index in [4.69, 9.17) is 0 Å². The molecule has 3 rings (SSSR count).